The topological polar surface area (TPSA) is 60.7 Å². The second-order valence-corrected chi connectivity index (χ2v) is 6.81. The Hall–Kier alpha value is -2.82. The van der Waals surface area contributed by atoms with E-state index < -0.39 is 0 Å². The van der Waals surface area contributed by atoms with Crippen LogP contribution in [0.3, 0.4) is 0 Å². The number of benzene rings is 1. The van der Waals surface area contributed by atoms with Gasteiger partial charge in [-0.3, -0.25) is 4.79 Å². The molecule has 5 heteroatoms. The fourth-order valence-corrected chi connectivity index (χ4v) is 3.58. The molecule has 1 aliphatic rings. The van der Waals surface area contributed by atoms with Gasteiger partial charge in [-0.1, -0.05) is 29.8 Å². The quantitative estimate of drug-likeness (QED) is 0.720. The van der Waals surface area contributed by atoms with Crippen LogP contribution in [0.5, 0.6) is 0 Å². The van der Waals surface area contributed by atoms with Crippen LogP contribution in [0, 0.1) is 20.8 Å². The third kappa shape index (κ3) is 2.86. The van der Waals surface area contributed by atoms with E-state index in [1.54, 1.807) is 10.9 Å². The number of rotatable bonds is 2. The summed E-state index contributed by atoms with van der Waals surface area (Å²) in [5, 5.41) is 4.42. The third-order valence-corrected chi connectivity index (χ3v) is 4.71. The molecule has 1 aliphatic carbocycles. The van der Waals surface area contributed by atoms with Crippen molar-refractivity contribution in [3.63, 3.8) is 0 Å². The van der Waals surface area contributed by atoms with Crippen LogP contribution >= 0.6 is 0 Å². The zero-order chi connectivity index (χ0) is 17.6. The highest BCUT2D eigenvalue weighted by Gasteiger charge is 2.30. The molecule has 0 amide bonds. The molecule has 0 spiro atoms. The number of hydrogen-bond donors (Lipinski definition) is 0. The Morgan fingerprint density at radius 2 is 1.80 bits per heavy atom. The Balaban J connectivity index is 1.77. The summed E-state index contributed by atoms with van der Waals surface area (Å²) in [5.41, 5.74) is 5.81. The highest BCUT2D eigenvalue weighted by molar-refractivity contribution is 5.98. The fraction of sp³-hybridized carbons (Fsp3) is 0.300. The maximum Gasteiger partial charge on any atom is 0.251 e. The standard InChI is InChI=1S/C20H20N4O/c1-12-5-4-6-15(7-12)16-9-18-17(19(25)10-16)11-21-24(18)20-22-13(2)8-14(3)23-20/h4-8,11,16H,9-10H2,1-3H3. The van der Waals surface area contributed by atoms with Gasteiger partial charge in [0, 0.05) is 17.8 Å². The van der Waals surface area contributed by atoms with Crippen LogP contribution in [0.1, 0.15) is 50.9 Å². The van der Waals surface area contributed by atoms with Gasteiger partial charge in [0.15, 0.2) is 5.78 Å². The minimum Gasteiger partial charge on any atom is -0.294 e. The largest absolute Gasteiger partial charge is 0.294 e. The summed E-state index contributed by atoms with van der Waals surface area (Å²) in [6.07, 6.45) is 2.95. The number of aromatic nitrogens is 4. The van der Waals surface area contributed by atoms with Crippen LogP contribution in [-0.4, -0.2) is 25.5 Å². The number of carbonyl (C=O) groups excluding carboxylic acids is 1. The van der Waals surface area contributed by atoms with Crippen LogP contribution < -0.4 is 0 Å². The van der Waals surface area contributed by atoms with Gasteiger partial charge in [-0.05, 0) is 44.7 Å². The number of hydrogen-bond acceptors (Lipinski definition) is 4. The molecule has 2 heterocycles. The van der Waals surface area contributed by atoms with Crippen molar-refractivity contribution in [3.8, 4) is 5.95 Å². The maximum atomic E-state index is 12.6. The molecule has 2 aromatic heterocycles. The van der Waals surface area contributed by atoms with Gasteiger partial charge in [-0.25, -0.2) is 14.6 Å². The molecule has 4 rings (SSSR count). The number of carbonyl (C=O) groups is 1. The molecule has 5 nitrogen and oxygen atoms in total. The first-order valence-electron chi connectivity index (χ1n) is 8.50. The first-order chi connectivity index (χ1) is 12.0. The van der Waals surface area contributed by atoms with E-state index in [0.717, 1.165) is 23.5 Å². The first kappa shape index (κ1) is 15.7. The lowest BCUT2D eigenvalue weighted by molar-refractivity contribution is 0.0963. The van der Waals surface area contributed by atoms with Gasteiger partial charge in [0.25, 0.3) is 5.95 Å². The summed E-state index contributed by atoms with van der Waals surface area (Å²) in [7, 11) is 0. The van der Waals surface area contributed by atoms with Crippen molar-refractivity contribution >= 4 is 5.78 Å². The van der Waals surface area contributed by atoms with Crippen molar-refractivity contribution in [1.29, 1.82) is 0 Å². The van der Waals surface area contributed by atoms with Crippen molar-refractivity contribution in [2.75, 3.05) is 0 Å². The van der Waals surface area contributed by atoms with Crippen molar-refractivity contribution < 1.29 is 4.79 Å². The Kier molecular flexibility index (Phi) is 3.71. The lowest BCUT2D eigenvalue weighted by atomic mass is 9.82. The average Bonchev–Trinajstić information content (AvgIpc) is 2.98. The smallest absolute Gasteiger partial charge is 0.251 e. The Labute approximate surface area is 146 Å². The van der Waals surface area contributed by atoms with E-state index in [9.17, 15) is 4.79 Å². The maximum absolute atomic E-state index is 12.6. The predicted octanol–water partition coefficient (Wildman–Crippen LogP) is 3.50. The van der Waals surface area contributed by atoms with E-state index >= 15 is 0 Å². The van der Waals surface area contributed by atoms with Gasteiger partial charge in [0.1, 0.15) is 0 Å². The summed E-state index contributed by atoms with van der Waals surface area (Å²) in [5.74, 6) is 0.848. The summed E-state index contributed by atoms with van der Waals surface area (Å²) >= 11 is 0. The van der Waals surface area contributed by atoms with Gasteiger partial charge in [-0.2, -0.15) is 5.10 Å². The van der Waals surface area contributed by atoms with Gasteiger partial charge in [0.05, 0.1) is 17.5 Å². The highest BCUT2D eigenvalue weighted by atomic mass is 16.1. The number of aryl methyl sites for hydroxylation is 3. The molecule has 1 unspecified atom stereocenters. The lowest BCUT2D eigenvalue weighted by Gasteiger charge is -2.23. The number of nitrogens with zero attached hydrogens (tertiary/aromatic N) is 4. The van der Waals surface area contributed by atoms with Crippen molar-refractivity contribution in [3.05, 3.63) is 70.3 Å². The summed E-state index contributed by atoms with van der Waals surface area (Å²) in [6.45, 7) is 5.96. The third-order valence-electron chi connectivity index (χ3n) is 4.71. The van der Waals surface area contributed by atoms with E-state index in [-0.39, 0.29) is 11.7 Å². The molecule has 1 atom stereocenters. The molecule has 0 N–H and O–H groups in total. The van der Waals surface area contributed by atoms with Gasteiger partial charge < -0.3 is 0 Å². The monoisotopic (exact) mass is 332 g/mol. The zero-order valence-electron chi connectivity index (χ0n) is 14.7. The number of Topliss-reactive ketones (excluding diaryl/α,β-unsaturated/α-hetero) is 1. The zero-order valence-corrected chi connectivity index (χ0v) is 14.7. The summed E-state index contributed by atoms with van der Waals surface area (Å²) < 4.78 is 1.73. The second-order valence-electron chi connectivity index (χ2n) is 6.81. The Morgan fingerprint density at radius 3 is 2.52 bits per heavy atom. The van der Waals surface area contributed by atoms with Crippen LogP contribution in [0.2, 0.25) is 0 Å². The minimum absolute atomic E-state index is 0.142. The van der Waals surface area contributed by atoms with E-state index in [0.29, 0.717) is 17.9 Å². The predicted molar refractivity (Wildman–Crippen MR) is 95.2 cm³/mol. The summed E-state index contributed by atoms with van der Waals surface area (Å²) in [4.78, 5) is 21.6. The molecule has 0 saturated carbocycles. The number of ketones is 1. The van der Waals surface area contributed by atoms with E-state index in [1.165, 1.54) is 11.1 Å². The van der Waals surface area contributed by atoms with Gasteiger partial charge >= 0.3 is 0 Å². The van der Waals surface area contributed by atoms with Crippen LogP contribution in [0.4, 0.5) is 0 Å². The normalized spacial score (nSPS) is 16.8. The van der Waals surface area contributed by atoms with Crippen molar-refractivity contribution in [2.45, 2.75) is 39.5 Å². The van der Waals surface area contributed by atoms with Crippen molar-refractivity contribution in [2.24, 2.45) is 0 Å². The van der Waals surface area contributed by atoms with Gasteiger partial charge in [0.2, 0.25) is 0 Å². The van der Waals surface area contributed by atoms with E-state index in [2.05, 4.69) is 46.3 Å². The lowest BCUT2D eigenvalue weighted by Crippen LogP contribution is -2.21. The second kappa shape index (κ2) is 5.92. The minimum atomic E-state index is 0.142. The average molecular weight is 332 g/mol. The molecule has 0 bridgehead atoms. The molecule has 1 aromatic carbocycles. The molecular formula is C20H20N4O. The molecule has 0 aliphatic heterocycles. The molecule has 0 radical (unpaired) electrons. The SMILES string of the molecule is Cc1cccc(C2CC(=O)c3cnn(-c4nc(C)cc(C)n4)c3C2)c1. The van der Waals surface area contributed by atoms with E-state index in [4.69, 9.17) is 0 Å². The summed E-state index contributed by atoms with van der Waals surface area (Å²) in [6, 6.07) is 10.3. The molecule has 126 valence electrons. The Bertz CT molecular complexity index is 953. The van der Waals surface area contributed by atoms with Crippen LogP contribution in [0.25, 0.3) is 5.95 Å². The molecule has 3 aromatic rings. The molecule has 0 fully saturated rings. The van der Waals surface area contributed by atoms with Crippen LogP contribution in [0.15, 0.2) is 36.5 Å². The first-order valence-corrected chi connectivity index (χ1v) is 8.50. The van der Waals surface area contributed by atoms with Gasteiger partial charge in [-0.15, -0.1) is 0 Å². The molecule has 25 heavy (non-hydrogen) atoms. The molecular weight excluding hydrogens is 312 g/mol. The molecule has 0 saturated heterocycles. The van der Waals surface area contributed by atoms with Crippen molar-refractivity contribution in [1.82, 2.24) is 19.7 Å². The highest BCUT2D eigenvalue weighted by Crippen LogP contribution is 2.33. The Morgan fingerprint density at radius 1 is 1.04 bits per heavy atom. The number of fused-ring (bicyclic) bond motifs is 1. The van der Waals surface area contributed by atoms with Crippen LogP contribution in [-0.2, 0) is 6.42 Å². The van der Waals surface area contributed by atoms with E-state index in [1.807, 2.05) is 19.9 Å². The fourth-order valence-electron chi connectivity index (χ4n) is 3.58.